The Balaban J connectivity index is 1.80. The number of carbonyl (C=O) groups excluding carboxylic acids is 4. The fourth-order valence-electron chi connectivity index (χ4n) is 2.73. The number of Topliss-reactive ketones (excluding diaryl/α,β-unsaturated/α-hetero) is 1. The van der Waals surface area contributed by atoms with Gasteiger partial charge in [0.2, 0.25) is 0 Å². The van der Waals surface area contributed by atoms with Crippen LogP contribution in [0.15, 0.2) is 30.5 Å². The first kappa shape index (κ1) is 15.9. The molecule has 1 N–H and O–H groups in total. The second-order valence-electron chi connectivity index (χ2n) is 5.66. The summed E-state index contributed by atoms with van der Waals surface area (Å²) in [5.41, 5.74) is 1.19. The summed E-state index contributed by atoms with van der Waals surface area (Å²) in [4.78, 5) is 53.3. The number of hydrogen-bond acceptors (Lipinski definition) is 4. The van der Waals surface area contributed by atoms with Crippen LogP contribution in [-0.2, 0) is 9.59 Å². The van der Waals surface area contributed by atoms with Gasteiger partial charge in [0.15, 0.2) is 5.78 Å². The van der Waals surface area contributed by atoms with E-state index >= 15 is 0 Å². The molecule has 4 amide bonds. The number of amides is 4. The van der Waals surface area contributed by atoms with E-state index in [9.17, 15) is 19.2 Å². The fraction of sp³-hybridized carbons (Fsp3) is 0.294. The van der Waals surface area contributed by atoms with Crippen LogP contribution in [0.1, 0.15) is 30.1 Å². The highest BCUT2D eigenvalue weighted by Crippen LogP contribution is 2.20. The van der Waals surface area contributed by atoms with Gasteiger partial charge in [0.05, 0.1) is 6.54 Å². The molecule has 0 bridgehead atoms. The number of fused-ring (bicyclic) bond motifs is 1. The van der Waals surface area contributed by atoms with Crippen LogP contribution in [0.25, 0.3) is 10.9 Å². The highest BCUT2D eigenvalue weighted by molar-refractivity contribution is 6.45. The lowest BCUT2D eigenvalue weighted by atomic mass is 10.1. The first-order valence-electron chi connectivity index (χ1n) is 7.81. The Bertz CT molecular complexity index is 839. The molecule has 1 aromatic carbocycles. The highest BCUT2D eigenvalue weighted by Gasteiger charge is 2.44. The molecule has 124 valence electrons. The third-order valence-electron chi connectivity index (χ3n) is 4.06. The van der Waals surface area contributed by atoms with Crippen LogP contribution in [0.5, 0.6) is 0 Å². The molecule has 0 radical (unpaired) electrons. The van der Waals surface area contributed by atoms with Crippen molar-refractivity contribution in [2.45, 2.75) is 19.8 Å². The molecule has 1 fully saturated rings. The molecule has 2 heterocycles. The zero-order valence-electron chi connectivity index (χ0n) is 13.2. The highest BCUT2D eigenvalue weighted by atomic mass is 16.2. The van der Waals surface area contributed by atoms with Gasteiger partial charge in [-0.3, -0.25) is 19.3 Å². The van der Waals surface area contributed by atoms with Gasteiger partial charge in [0.25, 0.3) is 0 Å². The molecule has 0 atom stereocenters. The van der Waals surface area contributed by atoms with Crippen molar-refractivity contribution in [3.8, 4) is 0 Å². The lowest BCUT2D eigenvalue weighted by Crippen LogP contribution is -2.37. The van der Waals surface area contributed by atoms with E-state index < -0.39 is 24.4 Å². The van der Waals surface area contributed by atoms with Crippen molar-refractivity contribution in [1.82, 2.24) is 14.8 Å². The van der Waals surface area contributed by atoms with E-state index in [1.54, 1.807) is 18.3 Å². The standard InChI is InChI=1S/C17H17N3O4/c1-2-3-8-19-15(22)16(23)20(17(19)24)10-14(21)12-9-18-13-7-5-4-6-11(12)13/h4-7,9,18H,2-3,8,10H2,1H3. The Kier molecular flexibility index (Phi) is 4.16. The number of carbonyl (C=O) groups is 4. The average Bonchev–Trinajstić information content (AvgIpc) is 3.09. The molecular weight excluding hydrogens is 310 g/mol. The van der Waals surface area contributed by atoms with Crippen LogP contribution in [0.4, 0.5) is 4.79 Å². The van der Waals surface area contributed by atoms with Gasteiger partial charge in [-0.05, 0) is 12.5 Å². The van der Waals surface area contributed by atoms with Crippen LogP contribution in [-0.4, -0.2) is 51.5 Å². The normalized spacial score (nSPS) is 15.0. The molecule has 0 spiro atoms. The van der Waals surface area contributed by atoms with Gasteiger partial charge in [0.1, 0.15) is 0 Å². The number of aromatic nitrogens is 1. The zero-order valence-corrected chi connectivity index (χ0v) is 13.2. The Morgan fingerprint density at radius 1 is 1.08 bits per heavy atom. The third kappa shape index (κ3) is 2.58. The second kappa shape index (κ2) is 6.27. The van der Waals surface area contributed by atoms with E-state index in [0.717, 1.165) is 27.1 Å². The van der Waals surface area contributed by atoms with Crippen LogP contribution < -0.4 is 0 Å². The Hall–Kier alpha value is -2.96. The number of benzene rings is 1. The van der Waals surface area contributed by atoms with E-state index in [-0.39, 0.29) is 12.3 Å². The van der Waals surface area contributed by atoms with Crippen LogP contribution in [0.3, 0.4) is 0 Å². The maximum absolute atomic E-state index is 12.5. The molecule has 24 heavy (non-hydrogen) atoms. The number of aromatic amines is 1. The minimum Gasteiger partial charge on any atom is -0.360 e. The van der Waals surface area contributed by atoms with E-state index in [2.05, 4.69) is 4.98 Å². The number of para-hydroxylation sites is 1. The number of imide groups is 2. The van der Waals surface area contributed by atoms with Crippen molar-refractivity contribution in [2.75, 3.05) is 13.1 Å². The maximum atomic E-state index is 12.5. The van der Waals surface area contributed by atoms with Crippen LogP contribution in [0.2, 0.25) is 0 Å². The van der Waals surface area contributed by atoms with Crippen molar-refractivity contribution < 1.29 is 19.2 Å². The monoisotopic (exact) mass is 327 g/mol. The van der Waals surface area contributed by atoms with Crippen molar-refractivity contribution >= 4 is 34.5 Å². The molecule has 0 aliphatic carbocycles. The smallest absolute Gasteiger partial charge is 0.334 e. The van der Waals surface area contributed by atoms with Crippen LogP contribution in [0, 0.1) is 0 Å². The number of nitrogens with zero attached hydrogens (tertiary/aromatic N) is 2. The molecular formula is C17H17N3O4. The molecule has 0 unspecified atom stereocenters. The molecule has 7 heteroatoms. The Labute approximate surface area is 138 Å². The number of ketones is 1. The molecule has 0 saturated carbocycles. The summed E-state index contributed by atoms with van der Waals surface area (Å²) in [6.07, 6.45) is 2.96. The van der Waals surface area contributed by atoms with Gasteiger partial charge in [0, 0.05) is 29.2 Å². The lowest BCUT2D eigenvalue weighted by molar-refractivity contribution is -0.143. The van der Waals surface area contributed by atoms with Crippen molar-refractivity contribution in [3.05, 3.63) is 36.0 Å². The number of urea groups is 1. The predicted octanol–water partition coefficient (Wildman–Crippen LogP) is 1.94. The van der Waals surface area contributed by atoms with Gasteiger partial charge in [-0.2, -0.15) is 0 Å². The number of hydrogen-bond donors (Lipinski definition) is 1. The molecule has 1 aliphatic heterocycles. The largest absolute Gasteiger partial charge is 0.360 e. The molecule has 2 aromatic rings. The van der Waals surface area contributed by atoms with Crippen molar-refractivity contribution in [1.29, 1.82) is 0 Å². The van der Waals surface area contributed by atoms with Gasteiger partial charge >= 0.3 is 17.8 Å². The topological polar surface area (TPSA) is 90.6 Å². The van der Waals surface area contributed by atoms with E-state index in [1.165, 1.54) is 0 Å². The molecule has 7 nitrogen and oxygen atoms in total. The first-order valence-corrected chi connectivity index (χ1v) is 7.81. The predicted molar refractivity (Wildman–Crippen MR) is 86.4 cm³/mol. The summed E-state index contributed by atoms with van der Waals surface area (Å²) in [5.74, 6) is -2.19. The third-order valence-corrected chi connectivity index (χ3v) is 4.06. The molecule has 1 aliphatic rings. The summed E-state index contributed by atoms with van der Waals surface area (Å²) in [5, 5.41) is 0.718. The van der Waals surface area contributed by atoms with Gasteiger partial charge in [-0.1, -0.05) is 31.5 Å². The number of unbranched alkanes of at least 4 members (excludes halogenated alkanes) is 1. The quantitative estimate of drug-likeness (QED) is 0.499. The summed E-state index contributed by atoms with van der Waals surface area (Å²) in [6, 6.07) is 6.53. The van der Waals surface area contributed by atoms with Gasteiger partial charge < -0.3 is 4.98 Å². The number of nitrogens with one attached hydrogen (secondary N) is 1. The van der Waals surface area contributed by atoms with E-state index in [1.807, 2.05) is 19.1 Å². The minimum absolute atomic E-state index is 0.192. The molecule has 1 aromatic heterocycles. The first-order chi connectivity index (χ1) is 11.5. The summed E-state index contributed by atoms with van der Waals surface area (Å²) in [7, 11) is 0. The van der Waals surface area contributed by atoms with E-state index in [0.29, 0.717) is 12.0 Å². The minimum atomic E-state index is -0.940. The zero-order chi connectivity index (χ0) is 17.3. The van der Waals surface area contributed by atoms with E-state index in [4.69, 9.17) is 0 Å². The Morgan fingerprint density at radius 3 is 2.54 bits per heavy atom. The number of rotatable bonds is 6. The molecule has 3 rings (SSSR count). The Morgan fingerprint density at radius 2 is 1.79 bits per heavy atom. The van der Waals surface area contributed by atoms with Crippen molar-refractivity contribution in [2.24, 2.45) is 0 Å². The SMILES string of the molecule is CCCCN1C(=O)C(=O)N(CC(=O)c2c[nH]c3ccccc23)C1=O. The van der Waals surface area contributed by atoms with Gasteiger partial charge in [-0.25, -0.2) is 9.69 Å². The van der Waals surface area contributed by atoms with Crippen LogP contribution >= 0.6 is 0 Å². The summed E-state index contributed by atoms with van der Waals surface area (Å²) >= 11 is 0. The summed E-state index contributed by atoms with van der Waals surface area (Å²) < 4.78 is 0. The van der Waals surface area contributed by atoms with Crippen molar-refractivity contribution in [3.63, 3.8) is 0 Å². The van der Waals surface area contributed by atoms with Gasteiger partial charge in [-0.15, -0.1) is 0 Å². The number of H-pyrrole nitrogens is 1. The fourth-order valence-corrected chi connectivity index (χ4v) is 2.73. The average molecular weight is 327 g/mol. The molecule has 1 saturated heterocycles. The summed E-state index contributed by atoms with van der Waals surface area (Å²) in [6.45, 7) is 1.68. The maximum Gasteiger partial charge on any atom is 0.334 e. The lowest BCUT2D eigenvalue weighted by Gasteiger charge is -2.14. The second-order valence-corrected chi connectivity index (χ2v) is 5.66.